The van der Waals surface area contributed by atoms with Crippen molar-refractivity contribution in [2.75, 3.05) is 26.2 Å². The number of benzene rings is 2. The van der Waals surface area contributed by atoms with E-state index in [0.29, 0.717) is 12.3 Å². The molecule has 0 aliphatic carbocycles. The Bertz CT molecular complexity index is 833. The Balaban J connectivity index is 1.56. The van der Waals surface area contributed by atoms with Crippen LogP contribution in [0.2, 0.25) is 0 Å². The van der Waals surface area contributed by atoms with Gasteiger partial charge in [0.2, 0.25) is 0 Å². The number of nitrogens with two attached hydrogens (primary N) is 1. The van der Waals surface area contributed by atoms with Gasteiger partial charge in [-0.25, -0.2) is 4.99 Å². The summed E-state index contributed by atoms with van der Waals surface area (Å²) in [4.78, 5) is 18.0. The fraction of sp³-hybridized carbons (Fsp3) is 0.391. The molecule has 160 valence electrons. The molecule has 30 heavy (non-hydrogen) atoms. The van der Waals surface area contributed by atoms with E-state index in [4.69, 9.17) is 20.2 Å². The lowest BCUT2D eigenvalue weighted by atomic mass is 10.1. The first-order valence-electron chi connectivity index (χ1n) is 10.4. The molecule has 7 heteroatoms. The fourth-order valence-corrected chi connectivity index (χ4v) is 3.36. The van der Waals surface area contributed by atoms with Gasteiger partial charge >= 0.3 is 0 Å². The number of amides is 1. The van der Waals surface area contributed by atoms with Gasteiger partial charge in [-0.3, -0.25) is 4.79 Å². The molecule has 7 nitrogen and oxygen atoms in total. The topological polar surface area (TPSA) is 89.2 Å². The largest absolute Gasteiger partial charge is 0.490 e. The Morgan fingerprint density at radius 2 is 1.87 bits per heavy atom. The van der Waals surface area contributed by atoms with E-state index in [0.717, 1.165) is 49.7 Å². The monoisotopic (exact) mass is 410 g/mol. The van der Waals surface area contributed by atoms with Crippen LogP contribution in [0.1, 0.15) is 25.3 Å². The molecule has 1 aliphatic heterocycles. The minimum absolute atomic E-state index is 0.130. The highest BCUT2D eigenvalue weighted by Gasteiger charge is 2.22. The zero-order valence-corrected chi connectivity index (χ0v) is 17.4. The maximum absolute atomic E-state index is 10.9. The first kappa shape index (κ1) is 21.5. The molecule has 3 rings (SSSR count). The van der Waals surface area contributed by atoms with Gasteiger partial charge in [0.15, 0.2) is 12.6 Å². The Labute approximate surface area is 177 Å². The van der Waals surface area contributed by atoms with E-state index in [1.807, 2.05) is 48.5 Å². The van der Waals surface area contributed by atoms with Gasteiger partial charge < -0.3 is 25.4 Å². The van der Waals surface area contributed by atoms with Crippen LogP contribution < -0.4 is 20.5 Å². The molecular formula is C23H30N4O3. The van der Waals surface area contributed by atoms with E-state index in [1.165, 1.54) is 0 Å². The van der Waals surface area contributed by atoms with Crippen molar-refractivity contribution < 1.29 is 14.3 Å². The van der Waals surface area contributed by atoms with Gasteiger partial charge in [-0.15, -0.1) is 0 Å². The van der Waals surface area contributed by atoms with E-state index in [1.54, 1.807) is 6.07 Å². The highest BCUT2D eigenvalue weighted by atomic mass is 16.5. The lowest BCUT2D eigenvalue weighted by Crippen LogP contribution is -2.47. The number of primary amides is 1. The number of para-hydroxylation sites is 1. The number of carbonyl (C=O) groups excluding carboxylic acids is 1. The zero-order valence-electron chi connectivity index (χ0n) is 17.4. The smallest absolute Gasteiger partial charge is 0.255 e. The second-order valence-electron chi connectivity index (χ2n) is 7.19. The molecule has 1 fully saturated rings. The second kappa shape index (κ2) is 11.1. The molecule has 2 aromatic rings. The van der Waals surface area contributed by atoms with Crippen LogP contribution in [0.4, 0.5) is 0 Å². The average Bonchev–Trinajstić information content (AvgIpc) is 2.77. The number of guanidine groups is 1. The number of nitrogens with zero attached hydrogens (tertiary/aromatic N) is 2. The van der Waals surface area contributed by atoms with Crippen molar-refractivity contribution in [2.45, 2.75) is 32.4 Å². The minimum atomic E-state index is -0.493. The number of hydrogen-bond acceptors (Lipinski definition) is 4. The van der Waals surface area contributed by atoms with Crippen LogP contribution in [0.15, 0.2) is 59.6 Å². The lowest BCUT2D eigenvalue weighted by molar-refractivity contribution is -0.119. The Morgan fingerprint density at radius 3 is 2.57 bits per heavy atom. The molecule has 0 radical (unpaired) electrons. The van der Waals surface area contributed by atoms with Gasteiger partial charge in [0.05, 0.1) is 6.54 Å². The quantitative estimate of drug-likeness (QED) is 0.516. The molecule has 1 amide bonds. The molecule has 0 aromatic heterocycles. The Hall–Kier alpha value is -3.22. The zero-order chi connectivity index (χ0) is 21.2. The standard InChI is InChI=1S/C23H30N4O3/c1-2-25-23(26-16-18-7-6-10-21(15-18)29-17-22(24)28)27-13-11-20(12-14-27)30-19-8-4-3-5-9-19/h3-10,15,20H,2,11-14,16-17H2,1H3,(H2,24,28)(H,25,26). The van der Waals surface area contributed by atoms with Crippen molar-refractivity contribution in [3.63, 3.8) is 0 Å². The molecule has 0 saturated carbocycles. The van der Waals surface area contributed by atoms with Gasteiger partial charge in [0.1, 0.15) is 17.6 Å². The van der Waals surface area contributed by atoms with Crippen LogP contribution in [0.25, 0.3) is 0 Å². The van der Waals surface area contributed by atoms with Crippen molar-refractivity contribution in [3.8, 4) is 11.5 Å². The van der Waals surface area contributed by atoms with Crippen LogP contribution in [-0.4, -0.2) is 49.1 Å². The number of rotatable bonds is 8. The molecular weight excluding hydrogens is 380 g/mol. The fourth-order valence-electron chi connectivity index (χ4n) is 3.36. The summed E-state index contributed by atoms with van der Waals surface area (Å²) in [6, 6.07) is 17.6. The normalized spacial score (nSPS) is 15.0. The molecule has 1 aliphatic rings. The predicted octanol–water partition coefficient (Wildman–Crippen LogP) is 2.56. The van der Waals surface area contributed by atoms with Gasteiger partial charge in [-0.1, -0.05) is 30.3 Å². The van der Waals surface area contributed by atoms with Crippen LogP contribution >= 0.6 is 0 Å². The van der Waals surface area contributed by atoms with Crippen molar-refractivity contribution in [3.05, 3.63) is 60.2 Å². The van der Waals surface area contributed by atoms with E-state index in [9.17, 15) is 4.79 Å². The molecule has 1 saturated heterocycles. The van der Waals surface area contributed by atoms with E-state index in [-0.39, 0.29) is 12.7 Å². The van der Waals surface area contributed by atoms with Crippen molar-refractivity contribution in [1.29, 1.82) is 0 Å². The van der Waals surface area contributed by atoms with Gasteiger partial charge in [0.25, 0.3) is 5.91 Å². The molecule has 2 aromatic carbocycles. The Morgan fingerprint density at radius 1 is 1.13 bits per heavy atom. The number of aliphatic imine (C=N–C) groups is 1. The van der Waals surface area contributed by atoms with Gasteiger partial charge in [0, 0.05) is 32.5 Å². The molecule has 1 heterocycles. The first-order chi connectivity index (χ1) is 14.6. The van der Waals surface area contributed by atoms with Crippen LogP contribution in [0.3, 0.4) is 0 Å². The van der Waals surface area contributed by atoms with Crippen LogP contribution in [0, 0.1) is 0 Å². The van der Waals surface area contributed by atoms with Crippen LogP contribution in [0.5, 0.6) is 11.5 Å². The second-order valence-corrected chi connectivity index (χ2v) is 7.19. The van der Waals surface area contributed by atoms with Crippen molar-refractivity contribution >= 4 is 11.9 Å². The lowest BCUT2D eigenvalue weighted by Gasteiger charge is -2.34. The van der Waals surface area contributed by atoms with Crippen molar-refractivity contribution in [1.82, 2.24) is 10.2 Å². The predicted molar refractivity (Wildman–Crippen MR) is 118 cm³/mol. The summed E-state index contributed by atoms with van der Waals surface area (Å²) in [6.45, 7) is 5.06. The summed E-state index contributed by atoms with van der Waals surface area (Å²) >= 11 is 0. The molecule has 0 spiro atoms. The number of likely N-dealkylation sites (tertiary alicyclic amines) is 1. The summed E-state index contributed by atoms with van der Waals surface area (Å²) < 4.78 is 11.5. The third-order valence-electron chi connectivity index (χ3n) is 4.81. The summed E-state index contributed by atoms with van der Waals surface area (Å²) in [5, 5.41) is 3.38. The molecule has 0 atom stereocenters. The Kier molecular flexibility index (Phi) is 7.94. The summed E-state index contributed by atoms with van der Waals surface area (Å²) in [5.74, 6) is 1.95. The summed E-state index contributed by atoms with van der Waals surface area (Å²) in [5.41, 5.74) is 6.15. The van der Waals surface area contributed by atoms with E-state index < -0.39 is 5.91 Å². The maximum Gasteiger partial charge on any atom is 0.255 e. The van der Waals surface area contributed by atoms with E-state index in [2.05, 4.69) is 17.1 Å². The first-order valence-corrected chi connectivity index (χ1v) is 10.4. The highest BCUT2D eigenvalue weighted by molar-refractivity contribution is 5.80. The molecule has 3 N–H and O–H groups in total. The number of hydrogen-bond donors (Lipinski definition) is 2. The third-order valence-corrected chi connectivity index (χ3v) is 4.81. The SMILES string of the molecule is CCNC(=NCc1cccc(OCC(N)=O)c1)N1CCC(Oc2ccccc2)CC1. The highest BCUT2D eigenvalue weighted by Crippen LogP contribution is 2.19. The number of ether oxygens (including phenoxy) is 2. The average molecular weight is 411 g/mol. The number of nitrogens with one attached hydrogen (secondary N) is 1. The third kappa shape index (κ3) is 6.69. The van der Waals surface area contributed by atoms with E-state index >= 15 is 0 Å². The van der Waals surface area contributed by atoms with Gasteiger partial charge in [-0.05, 0) is 36.8 Å². The molecule has 0 unspecified atom stereocenters. The summed E-state index contributed by atoms with van der Waals surface area (Å²) in [6.07, 6.45) is 2.14. The van der Waals surface area contributed by atoms with Crippen molar-refractivity contribution in [2.24, 2.45) is 10.7 Å². The van der Waals surface area contributed by atoms with Crippen LogP contribution in [-0.2, 0) is 11.3 Å². The number of carbonyl (C=O) groups is 1. The maximum atomic E-state index is 10.9. The number of piperidine rings is 1. The molecule has 0 bridgehead atoms. The minimum Gasteiger partial charge on any atom is -0.490 e. The summed E-state index contributed by atoms with van der Waals surface area (Å²) in [7, 11) is 0. The van der Waals surface area contributed by atoms with Gasteiger partial charge in [-0.2, -0.15) is 0 Å².